The van der Waals surface area contributed by atoms with Crippen molar-refractivity contribution < 1.29 is 9.53 Å². The Kier molecular flexibility index (Phi) is 6.00. The normalized spacial score (nSPS) is 14.3. The van der Waals surface area contributed by atoms with Gasteiger partial charge < -0.3 is 10.1 Å². The molecule has 0 spiro atoms. The highest BCUT2D eigenvalue weighted by atomic mass is 32.1. The lowest BCUT2D eigenvalue weighted by molar-refractivity contribution is -0.122. The fraction of sp³-hybridized carbons (Fsp3) is 0.435. The Labute approximate surface area is 184 Å². The van der Waals surface area contributed by atoms with E-state index in [2.05, 4.69) is 5.32 Å². The first kappa shape index (κ1) is 21.4. The van der Waals surface area contributed by atoms with Crippen molar-refractivity contribution in [2.75, 3.05) is 6.61 Å². The molecule has 1 N–H and O–H groups in total. The van der Waals surface area contributed by atoms with Crippen molar-refractivity contribution in [3.63, 3.8) is 0 Å². The van der Waals surface area contributed by atoms with Crippen LogP contribution in [-0.4, -0.2) is 27.7 Å². The maximum absolute atomic E-state index is 13.4. The quantitative estimate of drug-likeness (QED) is 0.636. The number of amides is 1. The molecule has 8 heteroatoms. The minimum absolute atomic E-state index is 0.109. The van der Waals surface area contributed by atoms with Gasteiger partial charge in [0.15, 0.2) is 0 Å². The third-order valence-corrected chi connectivity index (χ3v) is 7.11. The van der Waals surface area contributed by atoms with E-state index in [1.54, 1.807) is 24.3 Å². The van der Waals surface area contributed by atoms with Crippen molar-refractivity contribution in [3.8, 4) is 11.4 Å². The summed E-state index contributed by atoms with van der Waals surface area (Å²) in [7, 11) is 0. The topological polar surface area (TPSA) is 82.3 Å². The van der Waals surface area contributed by atoms with Crippen molar-refractivity contribution in [2.24, 2.45) is 0 Å². The molecule has 164 valence electrons. The second kappa shape index (κ2) is 8.70. The van der Waals surface area contributed by atoms with Crippen LogP contribution in [0.5, 0.6) is 5.75 Å². The molecule has 1 aliphatic carbocycles. The van der Waals surface area contributed by atoms with Crippen LogP contribution in [0.4, 0.5) is 0 Å². The van der Waals surface area contributed by atoms with Gasteiger partial charge in [-0.2, -0.15) is 0 Å². The van der Waals surface area contributed by atoms with Crippen LogP contribution < -0.4 is 21.3 Å². The van der Waals surface area contributed by atoms with Crippen LogP contribution in [0, 0.1) is 13.8 Å². The molecule has 0 unspecified atom stereocenters. The average Bonchev–Trinajstić information content (AvgIpc) is 3.35. The predicted octanol–water partition coefficient (Wildman–Crippen LogP) is 3.29. The predicted molar refractivity (Wildman–Crippen MR) is 123 cm³/mol. The molecule has 2 aromatic heterocycles. The zero-order valence-electron chi connectivity index (χ0n) is 18.1. The molecular weight excluding hydrogens is 414 g/mol. The van der Waals surface area contributed by atoms with Crippen LogP contribution in [-0.2, 0) is 11.3 Å². The fourth-order valence-corrected chi connectivity index (χ4v) is 5.31. The third kappa shape index (κ3) is 4.04. The summed E-state index contributed by atoms with van der Waals surface area (Å²) in [6.45, 7) is 6.12. The van der Waals surface area contributed by atoms with Gasteiger partial charge in [0.05, 0.1) is 17.7 Å². The van der Waals surface area contributed by atoms with Gasteiger partial charge in [-0.15, -0.1) is 11.3 Å². The van der Waals surface area contributed by atoms with E-state index < -0.39 is 5.69 Å². The van der Waals surface area contributed by atoms with Crippen LogP contribution in [0.25, 0.3) is 15.9 Å². The van der Waals surface area contributed by atoms with Crippen molar-refractivity contribution in [2.45, 2.75) is 59.0 Å². The minimum atomic E-state index is -0.510. The zero-order chi connectivity index (χ0) is 22.1. The largest absolute Gasteiger partial charge is 0.494 e. The van der Waals surface area contributed by atoms with Gasteiger partial charge in [-0.3, -0.25) is 14.2 Å². The number of carbonyl (C=O) groups excluding carboxylic acids is 1. The van der Waals surface area contributed by atoms with Crippen molar-refractivity contribution in [1.29, 1.82) is 0 Å². The van der Waals surface area contributed by atoms with Crippen LogP contribution in [0.15, 0.2) is 33.9 Å². The number of carbonyl (C=O) groups is 1. The molecule has 7 nitrogen and oxygen atoms in total. The monoisotopic (exact) mass is 441 g/mol. The zero-order valence-corrected chi connectivity index (χ0v) is 18.9. The maximum atomic E-state index is 13.4. The molecule has 1 aliphatic rings. The number of hydrogen-bond acceptors (Lipinski definition) is 5. The van der Waals surface area contributed by atoms with Gasteiger partial charge in [0, 0.05) is 10.9 Å². The maximum Gasteiger partial charge on any atom is 0.337 e. The summed E-state index contributed by atoms with van der Waals surface area (Å²) in [5.74, 6) is 0.468. The molecule has 31 heavy (non-hydrogen) atoms. The molecule has 1 saturated carbocycles. The van der Waals surface area contributed by atoms with E-state index in [0.29, 0.717) is 28.3 Å². The Morgan fingerprint density at radius 3 is 2.48 bits per heavy atom. The molecule has 3 aromatic rings. The Morgan fingerprint density at radius 1 is 1.16 bits per heavy atom. The first-order valence-electron chi connectivity index (χ1n) is 10.7. The number of ether oxygens (including phenoxy) is 1. The Morgan fingerprint density at radius 2 is 1.84 bits per heavy atom. The molecule has 1 fully saturated rings. The lowest BCUT2D eigenvalue weighted by Crippen LogP contribution is -2.43. The number of rotatable bonds is 6. The Bertz CT molecular complexity index is 1230. The molecular formula is C23H27N3O4S. The van der Waals surface area contributed by atoms with Gasteiger partial charge in [0.25, 0.3) is 5.56 Å². The van der Waals surface area contributed by atoms with E-state index in [1.165, 1.54) is 15.9 Å². The number of nitrogens with zero attached hydrogens (tertiary/aromatic N) is 2. The first-order valence-corrected chi connectivity index (χ1v) is 11.5. The number of benzene rings is 1. The van der Waals surface area contributed by atoms with Crippen molar-refractivity contribution in [1.82, 2.24) is 14.5 Å². The fourth-order valence-electron chi connectivity index (χ4n) is 4.17. The SMILES string of the molecule is CCOc1ccc(-n2c(=O)c3c(C)c(C)sc3n(CC(=O)NC3CCCC3)c2=O)cc1. The van der Waals surface area contributed by atoms with Crippen molar-refractivity contribution in [3.05, 3.63) is 55.5 Å². The summed E-state index contributed by atoms with van der Waals surface area (Å²) in [6.07, 6.45) is 4.17. The molecule has 0 atom stereocenters. The van der Waals surface area contributed by atoms with Crippen LogP contribution in [0.3, 0.4) is 0 Å². The summed E-state index contributed by atoms with van der Waals surface area (Å²) in [6, 6.07) is 7.02. The lowest BCUT2D eigenvalue weighted by Gasteiger charge is -2.15. The van der Waals surface area contributed by atoms with E-state index in [1.807, 2.05) is 20.8 Å². The number of nitrogens with one attached hydrogen (secondary N) is 1. The summed E-state index contributed by atoms with van der Waals surface area (Å²) in [4.78, 5) is 41.0. The van der Waals surface area contributed by atoms with Crippen molar-refractivity contribution >= 4 is 27.5 Å². The highest BCUT2D eigenvalue weighted by molar-refractivity contribution is 7.18. The first-order chi connectivity index (χ1) is 14.9. The van der Waals surface area contributed by atoms with Gasteiger partial charge in [-0.25, -0.2) is 9.36 Å². The molecule has 0 bridgehead atoms. The van der Waals surface area contributed by atoms with Gasteiger partial charge in [-0.05, 0) is 63.4 Å². The summed E-state index contributed by atoms with van der Waals surface area (Å²) >= 11 is 1.38. The smallest absolute Gasteiger partial charge is 0.337 e. The highest BCUT2D eigenvalue weighted by Crippen LogP contribution is 2.27. The van der Waals surface area contributed by atoms with Gasteiger partial charge in [-0.1, -0.05) is 12.8 Å². The molecule has 0 aliphatic heterocycles. The van der Waals surface area contributed by atoms with Crippen LogP contribution in [0.1, 0.15) is 43.0 Å². The average molecular weight is 442 g/mol. The molecule has 4 rings (SSSR count). The molecule has 0 saturated heterocycles. The van der Waals surface area contributed by atoms with E-state index in [-0.39, 0.29) is 24.1 Å². The molecule has 2 heterocycles. The number of fused-ring (bicyclic) bond motifs is 1. The van der Waals surface area contributed by atoms with Gasteiger partial charge in [0.2, 0.25) is 5.91 Å². The minimum Gasteiger partial charge on any atom is -0.494 e. The number of aryl methyl sites for hydroxylation is 2. The van der Waals surface area contributed by atoms with E-state index in [0.717, 1.165) is 40.7 Å². The second-order valence-electron chi connectivity index (χ2n) is 7.95. The summed E-state index contributed by atoms with van der Waals surface area (Å²) in [5, 5.41) is 3.53. The third-order valence-electron chi connectivity index (χ3n) is 5.88. The van der Waals surface area contributed by atoms with E-state index >= 15 is 0 Å². The second-order valence-corrected chi connectivity index (χ2v) is 9.15. The van der Waals surface area contributed by atoms with Gasteiger partial charge >= 0.3 is 5.69 Å². The molecule has 1 aromatic carbocycles. The molecule has 0 radical (unpaired) electrons. The summed E-state index contributed by atoms with van der Waals surface area (Å²) in [5.41, 5.74) is 0.422. The number of thiophene rings is 1. The van der Waals surface area contributed by atoms with E-state index in [9.17, 15) is 14.4 Å². The lowest BCUT2D eigenvalue weighted by atomic mass is 10.2. The van der Waals surface area contributed by atoms with E-state index in [4.69, 9.17) is 4.74 Å². The standard InChI is InChI=1S/C23H27N3O4S/c1-4-30-18-11-9-17(10-12-18)26-21(28)20-14(2)15(3)31-22(20)25(23(26)29)13-19(27)24-16-7-5-6-8-16/h9-12,16H,4-8,13H2,1-3H3,(H,24,27). The highest BCUT2D eigenvalue weighted by Gasteiger charge is 2.22. The van der Waals surface area contributed by atoms with Crippen LogP contribution in [0.2, 0.25) is 0 Å². The van der Waals surface area contributed by atoms with Gasteiger partial charge in [0.1, 0.15) is 17.1 Å². The Hall–Kier alpha value is -2.87. The Balaban J connectivity index is 1.83. The van der Waals surface area contributed by atoms with Crippen LogP contribution >= 0.6 is 11.3 Å². The number of hydrogen-bond donors (Lipinski definition) is 1. The molecule has 1 amide bonds. The summed E-state index contributed by atoms with van der Waals surface area (Å²) < 4.78 is 8.05. The number of aromatic nitrogens is 2.